The molecule has 98 valence electrons. The van der Waals surface area contributed by atoms with E-state index in [1.165, 1.54) is 12.1 Å². The molecule has 0 radical (unpaired) electrons. The number of nitrogen functional groups attached to an aromatic ring is 1. The molecule has 0 spiro atoms. The molecule has 1 aromatic carbocycles. The Hall–Kier alpha value is -2.57. The minimum absolute atomic E-state index is 0.0133. The Balaban J connectivity index is 2.20. The summed E-state index contributed by atoms with van der Waals surface area (Å²) in [7, 11) is 0. The fraction of sp³-hybridized carbons (Fsp3) is 0.167. The molecule has 1 aromatic heterocycles. The Kier molecular flexibility index (Phi) is 3.37. The van der Waals surface area contributed by atoms with Crippen molar-refractivity contribution >= 4 is 17.5 Å². The van der Waals surface area contributed by atoms with Crippen molar-refractivity contribution in [1.29, 1.82) is 0 Å². The van der Waals surface area contributed by atoms with Crippen LogP contribution < -0.4 is 11.1 Å². The lowest BCUT2D eigenvalue weighted by molar-refractivity contribution is 0.102. The molecule has 0 aliphatic carbocycles. The molecule has 6 nitrogen and oxygen atoms in total. The van der Waals surface area contributed by atoms with Gasteiger partial charge in [-0.2, -0.15) is 5.10 Å². The molecule has 1 amide bonds. The maximum absolute atomic E-state index is 13.2. The van der Waals surface area contributed by atoms with Crippen LogP contribution in [0.4, 0.5) is 16.0 Å². The minimum Gasteiger partial charge on any atom is -0.396 e. The Labute approximate surface area is 108 Å². The van der Waals surface area contributed by atoms with Crippen molar-refractivity contribution in [3.63, 3.8) is 0 Å². The van der Waals surface area contributed by atoms with E-state index in [2.05, 4.69) is 20.5 Å². The summed E-state index contributed by atoms with van der Waals surface area (Å²) >= 11 is 0. The number of aromatic nitrogens is 3. The molecule has 0 unspecified atom stereocenters. The molecule has 0 saturated carbocycles. The summed E-state index contributed by atoms with van der Waals surface area (Å²) in [5, 5.41) is 10.0. The predicted molar refractivity (Wildman–Crippen MR) is 68.1 cm³/mol. The fourth-order valence-corrected chi connectivity index (χ4v) is 1.35. The van der Waals surface area contributed by atoms with Gasteiger partial charge in [0, 0.05) is 5.56 Å². The quantitative estimate of drug-likeness (QED) is 0.798. The number of halogens is 1. The lowest BCUT2D eigenvalue weighted by atomic mass is 10.2. The summed E-state index contributed by atoms with van der Waals surface area (Å²) < 4.78 is 13.2. The van der Waals surface area contributed by atoms with Crippen LogP contribution in [0.25, 0.3) is 0 Å². The van der Waals surface area contributed by atoms with Crippen molar-refractivity contribution in [3.05, 3.63) is 41.0 Å². The molecule has 0 saturated heterocycles. The predicted octanol–water partition coefficient (Wildman–Crippen LogP) is 1.46. The zero-order valence-electron chi connectivity index (χ0n) is 10.4. The molecule has 0 aliphatic heterocycles. The average Bonchev–Trinajstić information content (AvgIpc) is 2.37. The molecule has 2 rings (SSSR count). The third-order valence-electron chi connectivity index (χ3n) is 2.58. The highest BCUT2D eigenvalue weighted by atomic mass is 19.1. The molecule has 0 fully saturated rings. The van der Waals surface area contributed by atoms with Crippen LogP contribution in [-0.4, -0.2) is 21.1 Å². The molecular weight excluding hydrogens is 249 g/mol. The SMILES string of the molecule is Cc1nnc(NC(=O)c2ccc(N)c(F)c2)nc1C. The lowest BCUT2D eigenvalue weighted by Gasteiger charge is -2.05. The summed E-state index contributed by atoms with van der Waals surface area (Å²) in [6.45, 7) is 3.51. The standard InChI is InChI=1S/C12H12FN5O/c1-6-7(2)17-18-12(15-6)16-11(19)8-3-4-10(14)9(13)5-8/h3-5H,14H2,1-2H3,(H,15,16,18,19). The number of nitrogens with one attached hydrogen (secondary N) is 1. The molecule has 3 N–H and O–H groups in total. The summed E-state index contributed by atoms with van der Waals surface area (Å²) in [5.74, 6) is -1.10. The van der Waals surface area contributed by atoms with Gasteiger partial charge < -0.3 is 5.73 Å². The second-order valence-electron chi connectivity index (χ2n) is 4.00. The number of benzene rings is 1. The van der Waals surface area contributed by atoms with Crippen LogP contribution in [0.2, 0.25) is 0 Å². The van der Waals surface area contributed by atoms with Crippen LogP contribution in [0, 0.1) is 19.7 Å². The van der Waals surface area contributed by atoms with E-state index < -0.39 is 11.7 Å². The van der Waals surface area contributed by atoms with E-state index in [9.17, 15) is 9.18 Å². The number of hydrogen-bond acceptors (Lipinski definition) is 5. The van der Waals surface area contributed by atoms with Crippen LogP contribution in [0.1, 0.15) is 21.7 Å². The maximum Gasteiger partial charge on any atom is 0.258 e. The van der Waals surface area contributed by atoms with Gasteiger partial charge in [0.15, 0.2) is 0 Å². The van der Waals surface area contributed by atoms with E-state index in [0.717, 1.165) is 6.07 Å². The number of aryl methyl sites for hydroxylation is 2. The number of nitrogens with zero attached hydrogens (tertiary/aromatic N) is 3. The monoisotopic (exact) mass is 261 g/mol. The Morgan fingerprint density at radius 2 is 2.00 bits per heavy atom. The molecule has 0 aliphatic rings. The van der Waals surface area contributed by atoms with E-state index >= 15 is 0 Å². The number of amides is 1. The van der Waals surface area contributed by atoms with Gasteiger partial charge in [0.25, 0.3) is 5.91 Å². The van der Waals surface area contributed by atoms with E-state index in [1.54, 1.807) is 13.8 Å². The van der Waals surface area contributed by atoms with Crippen molar-refractivity contribution in [1.82, 2.24) is 15.2 Å². The van der Waals surface area contributed by atoms with Crippen molar-refractivity contribution in [2.75, 3.05) is 11.1 Å². The number of nitrogens with two attached hydrogens (primary N) is 1. The highest BCUT2D eigenvalue weighted by molar-refractivity contribution is 6.03. The maximum atomic E-state index is 13.2. The first-order valence-electron chi connectivity index (χ1n) is 5.51. The molecule has 0 atom stereocenters. The van der Waals surface area contributed by atoms with Gasteiger partial charge in [0.05, 0.1) is 17.1 Å². The molecule has 0 bridgehead atoms. The lowest BCUT2D eigenvalue weighted by Crippen LogP contribution is -2.16. The Bertz CT molecular complexity index is 644. The smallest absolute Gasteiger partial charge is 0.258 e. The van der Waals surface area contributed by atoms with Crippen LogP contribution >= 0.6 is 0 Å². The zero-order chi connectivity index (χ0) is 14.0. The van der Waals surface area contributed by atoms with Crippen LogP contribution in [-0.2, 0) is 0 Å². The van der Waals surface area contributed by atoms with E-state index in [-0.39, 0.29) is 17.2 Å². The van der Waals surface area contributed by atoms with Crippen molar-refractivity contribution in [3.8, 4) is 0 Å². The highest BCUT2D eigenvalue weighted by Gasteiger charge is 2.11. The second-order valence-corrected chi connectivity index (χ2v) is 4.00. The molecule has 2 aromatic rings. The van der Waals surface area contributed by atoms with Gasteiger partial charge >= 0.3 is 0 Å². The topological polar surface area (TPSA) is 93.8 Å². The number of rotatable bonds is 2. The van der Waals surface area contributed by atoms with E-state index in [0.29, 0.717) is 11.4 Å². The molecular formula is C12H12FN5O. The first kappa shape index (κ1) is 12.9. The van der Waals surface area contributed by atoms with Gasteiger partial charge in [-0.3, -0.25) is 10.1 Å². The minimum atomic E-state index is -0.646. The third kappa shape index (κ3) is 2.82. The van der Waals surface area contributed by atoms with Crippen molar-refractivity contribution in [2.24, 2.45) is 0 Å². The van der Waals surface area contributed by atoms with Gasteiger partial charge in [0.2, 0.25) is 5.95 Å². The van der Waals surface area contributed by atoms with Gasteiger partial charge in [-0.05, 0) is 32.0 Å². The Morgan fingerprint density at radius 1 is 1.26 bits per heavy atom. The summed E-state index contributed by atoms with van der Waals surface area (Å²) in [4.78, 5) is 15.9. The van der Waals surface area contributed by atoms with Gasteiger partial charge in [-0.1, -0.05) is 0 Å². The summed E-state index contributed by atoms with van der Waals surface area (Å²) in [6.07, 6.45) is 0. The molecule has 7 heteroatoms. The number of carbonyl (C=O) groups is 1. The van der Waals surface area contributed by atoms with Gasteiger partial charge in [0.1, 0.15) is 5.82 Å². The van der Waals surface area contributed by atoms with Crippen molar-refractivity contribution in [2.45, 2.75) is 13.8 Å². The summed E-state index contributed by atoms with van der Waals surface area (Å²) in [6, 6.07) is 3.80. The first-order chi connectivity index (χ1) is 8.97. The van der Waals surface area contributed by atoms with Crippen molar-refractivity contribution < 1.29 is 9.18 Å². The largest absolute Gasteiger partial charge is 0.396 e. The fourth-order valence-electron chi connectivity index (χ4n) is 1.35. The first-order valence-corrected chi connectivity index (χ1v) is 5.51. The molecule has 19 heavy (non-hydrogen) atoms. The number of carbonyl (C=O) groups excluding carboxylic acids is 1. The number of anilines is 2. The van der Waals surface area contributed by atoms with Gasteiger partial charge in [-0.25, -0.2) is 9.37 Å². The normalized spacial score (nSPS) is 10.3. The molecule has 1 heterocycles. The van der Waals surface area contributed by atoms with E-state index in [4.69, 9.17) is 5.73 Å². The Morgan fingerprint density at radius 3 is 2.63 bits per heavy atom. The highest BCUT2D eigenvalue weighted by Crippen LogP contribution is 2.13. The summed E-state index contributed by atoms with van der Waals surface area (Å²) in [5.41, 5.74) is 6.79. The van der Waals surface area contributed by atoms with Crippen LogP contribution in [0.15, 0.2) is 18.2 Å². The second kappa shape index (κ2) is 4.97. The van der Waals surface area contributed by atoms with Crippen LogP contribution in [0.3, 0.4) is 0 Å². The third-order valence-corrected chi connectivity index (χ3v) is 2.58. The van der Waals surface area contributed by atoms with Gasteiger partial charge in [-0.15, -0.1) is 5.10 Å². The zero-order valence-corrected chi connectivity index (χ0v) is 10.4. The van der Waals surface area contributed by atoms with Crippen LogP contribution in [0.5, 0.6) is 0 Å². The number of hydrogen-bond donors (Lipinski definition) is 2. The average molecular weight is 261 g/mol. The van der Waals surface area contributed by atoms with E-state index in [1.807, 2.05) is 0 Å².